The average molecular weight is 464 g/mol. The monoisotopic (exact) mass is 461 g/mol. The predicted octanol–water partition coefficient (Wildman–Crippen LogP) is 4.79. The van der Waals surface area contributed by atoms with E-state index in [9.17, 15) is 14.7 Å². The van der Waals surface area contributed by atoms with Crippen molar-refractivity contribution in [3.63, 3.8) is 0 Å². The summed E-state index contributed by atoms with van der Waals surface area (Å²) < 4.78 is -2.11. The molecule has 0 spiro atoms. The van der Waals surface area contributed by atoms with Crippen LogP contribution in [0.25, 0.3) is 0 Å². The summed E-state index contributed by atoms with van der Waals surface area (Å²) >= 11 is 37.9. The first-order valence-corrected chi connectivity index (χ1v) is 9.18. The molecule has 0 aliphatic heterocycles. The number of nitrogens with one attached hydrogen (secondary N) is 1. The minimum Gasteiger partial charge on any atom is -0.481 e. The van der Waals surface area contributed by atoms with Crippen molar-refractivity contribution in [3.05, 3.63) is 40.4 Å². The van der Waals surface area contributed by atoms with E-state index < -0.39 is 37.8 Å². The molecule has 0 saturated heterocycles. The van der Waals surface area contributed by atoms with Crippen molar-refractivity contribution < 1.29 is 14.7 Å². The number of alkyl halides is 4. The van der Waals surface area contributed by atoms with Gasteiger partial charge in [0.2, 0.25) is 5.91 Å². The Bertz CT molecular complexity index is 798. The summed E-state index contributed by atoms with van der Waals surface area (Å²) in [5, 5.41) is 11.7. The Morgan fingerprint density at radius 2 is 1.40 bits per heavy atom. The van der Waals surface area contributed by atoms with Crippen LogP contribution in [-0.2, 0) is 9.59 Å². The van der Waals surface area contributed by atoms with Gasteiger partial charge >= 0.3 is 5.97 Å². The number of carboxylic acids is 1. The molecule has 1 saturated carbocycles. The molecule has 25 heavy (non-hydrogen) atoms. The maximum absolute atomic E-state index is 12.8. The Labute approximate surface area is 173 Å². The molecule has 0 radical (unpaired) electrons. The molecule has 2 aliphatic rings. The third-order valence-corrected chi connectivity index (χ3v) is 8.78. The Hall–Kier alpha value is -0.360. The lowest BCUT2D eigenvalue weighted by molar-refractivity contribution is -0.146. The zero-order valence-electron chi connectivity index (χ0n) is 12.1. The highest BCUT2D eigenvalue weighted by atomic mass is 35.5. The third kappa shape index (κ3) is 2.28. The fourth-order valence-corrected chi connectivity index (χ4v) is 6.30. The number of halogens is 6. The number of amides is 1. The van der Waals surface area contributed by atoms with Gasteiger partial charge in [-0.15, -0.1) is 23.2 Å². The van der Waals surface area contributed by atoms with E-state index in [0.717, 1.165) is 0 Å². The van der Waals surface area contributed by atoms with Crippen molar-refractivity contribution in [1.82, 2.24) is 0 Å². The maximum atomic E-state index is 12.8. The molecule has 2 N–H and O–H groups in total. The van der Waals surface area contributed by atoms with Gasteiger partial charge in [-0.05, 0) is 12.1 Å². The standard InChI is InChI=1S/C15H9Cl6NO3/c16-9-10(17)14(19)8(12(24)25)7(13(9,18)15(14,20)21)11(23)22-6-4-2-1-3-5-6/h1-5,7-8H,(H,22,23)(H,24,25). The van der Waals surface area contributed by atoms with Gasteiger partial charge in [0.25, 0.3) is 0 Å². The van der Waals surface area contributed by atoms with Gasteiger partial charge in [-0.1, -0.05) is 64.6 Å². The number of para-hydroxylation sites is 1. The van der Waals surface area contributed by atoms with Crippen molar-refractivity contribution in [1.29, 1.82) is 0 Å². The van der Waals surface area contributed by atoms with E-state index in [1.807, 2.05) is 0 Å². The molecular formula is C15H9Cl6NO3. The molecule has 3 rings (SSSR count). The minimum atomic E-state index is -2.11. The van der Waals surface area contributed by atoms with Gasteiger partial charge in [-0.3, -0.25) is 9.59 Å². The number of allylic oxidation sites excluding steroid dienone is 2. The maximum Gasteiger partial charge on any atom is 0.309 e. The molecule has 0 heterocycles. The number of carboxylic acid groups (broad SMARTS) is 1. The summed E-state index contributed by atoms with van der Waals surface area (Å²) in [5.74, 6) is -5.18. The van der Waals surface area contributed by atoms with Crippen LogP contribution in [0.4, 0.5) is 5.69 Å². The van der Waals surface area contributed by atoms with Crippen LogP contribution in [0.1, 0.15) is 0 Å². The molecule has 1 fully saturated rings. The van der Waals surface area contributed by atoms with Gasteiger partial charge in [0.05, 0.1) is 21.9 Å². The quantitative estimate of drug-likeness (QED) is 0.633. The minimum absolute atomic E-state index is 0.235. The highest BCUT2D eigenvalue weighted by molar-refractivity contribution is 6.66. The summed E-state index contributed by atoms with van der Waals surface area (Å²) in [6, 6.07) is 8.39. The first kappa shape index (κ1) is 19.4. The first-order chi connectivity index (χ1) is 11.5. The summed E-state index contributed by atoms with van der Waals surface area (Å²) in [6.45, 7) is 0. The highest BCUT2D eigenvalue weighted by Gasteiger charge is 2.85. The lowest BCUT2D eigenvalue weighted by atomic mass is 9.81. The second kappa shape index (κ2) is 6.08. The third-order valence-electron chi connectivity index (χ3n) is 4.53. The van der Waals surface area contributed by atoms with Crippen molar-refractivity contribution in [2.75, 3.05) is 5.32 Å². The van der Waals surface area contributed by atoms with Gasteiger partial charge in [-0.25, -0.2) is 0 Å². The van der Waals surface area contributed by atoms with Crippen LogP contribution in [0.3, 0.4) is 0 Å². The molecule has 134 valence electrons. The molecule has 4 unspecified atom stereocenters. The van der Waals surface area contributed by atoms with E-state index in [2.05, 4.69) is 5.32 Å². The van der Waals surface area contributed by atoms with Crippen LogP contribution in [0.15, 0.2) is 40.4 Å². The number of benzene rings is 1. The molecule has 2 bridgehead atoms. The topological polar surface area (TPSA) is 66.4 Å². The number of anilines is 1. The van der Waals surface area contributed by atoms with E-state index in [0.29, 0.717) is 5.69 Å². The smallest absolute Gasteiger partial charge is 0.309 e. The van der Waals surface area contributed by atoms with Crippen LogP contribution < -0.4 is 5.32 Å². The molecular weight excluding hydrogens is 455 g/mol. The number of aliphatic carboxylic acids is 1. The normalized spacial score (nSPS) is 35.8. The van der Waals surface area contributed by atoms with Crippen LogP contribution >= 0.6 is 69.6 Å². The molecule has 10 heteroatoms. The van der Waals surface area contributed by atoms with Gasteiger partial charge in [0, 0.05) is 5.69 Å². The van der Waals surface area contributed by atoms with E-state index in [-0.39, 0.29) is 10.1 Å². The number of carbonyl (C=O) groups excluding carboxylic acids is 1. The van der Waals surface area contributed by atoms with E-state index in [1.54, 1.807) is 30.3 Å². The van der Waals surface area contributed by atoms with Crippen LogP contribution in [0, 0.1) is 11.8 Å². The summed E-state index contributed by atoms with van der Waals surface area (Å²) in [7, 11) is 0. The molecule has 1 aromatic rings. The van der Waals surface area contributed by atoms with Crippen molar-refractivity contribution in [3.8, 4) is 0 Å². The number of rotatable bonds is 3. The Morgan fingerprint density at radius 3 is 1.88 bits per heavy atom. The number of hydrogen-bond donors (Lipinski definition) is 2. The number of fused-ring (bicyclic) bond motifs is 2. The predicted molar refractivity (Wildman–Crippen MR) is 100 cm³/mol. The zero-order valence-corrected chi connectivity index (χ0v) is 16.6. The SMILES string of the molecule is O=C(O)C1C(C(=O)Nc2ccccc2)C2(Cl)C(Cl)=C(Cl)C1(Cl)C2(Cl)Cl. The van der Waals surface area contributed by atoms with Gasteiger partial charge in [0.1, 0.15) is 9.75 Å². The van der Waals surface area contributed by atoms with E-state index in [4.69, 9.17) is 69.6 Å². The second-order valence-corrected chi connectivity index (χ2v) is 9.05. The average Bonchev–Trinajstić information content (AvgIpc) is 2.75. The zero-order chi connectivity index (χ0) is 18.8. The Kier molecular flexibility index (Phi) is 4.72. The summed E-state index contributed by atoms with van der Waals surface area (Å²) in [6.07, 6.45) is 0. The summed E-state index contributed by atoms with van der Waals surface area (Å²) in [5.41, 5.74) is 0.434. The summed E-state index contributed by atoms with van der Waals surface area (Å²) in [4.78, 5) is 20.7. The molecule has 4 atom stereocenters. The number of hydrogen-bond acceptors (Lipinski definition) is 2. The lowest BCUT2D eigenvalue weighted by Crippen LogP contribution is -2.47. The van der Waals surface area contributed by atoms with Gasteiger partial charge in [-0.2, -0.15) is 0 Å². The molecule has 1 aromatic carbocycles. The van der Waals surface area contributed by atoms with E-state index in [1.165, 1.54) is 0 Å². The lowest BCUT2D eigenvalue weighted by Gasteiger charge is -2.33. The second-order valence-electron chi connectivity index (χ2n) is 5.77. The molecule has 0 aromatic heterocycles. The Balaban J connectivity index is 2.13. The van der Waals surface area contributed by atoms with Crippen LogP contribution in [0.5, 0.6) is 0 Å². The van der Waals surface area contributed by atoms with Crippen LogP contribution in [-0.4, -0.2) is 31.1 Å². The molecule has 4 nitrogen and oxygen atoms in total. The molecule has 1 amide bonds. The van der Waals surface area contributed by atoms with Crippen molar-refractivity contribution in [2.24, 2.45) is 11.8 Å². The van der Waals surface area contributed by atoms with Crippen molar-refractivity contribution >= 4 is 87.2 Å². The fourth-order valence-electron chi connectivity index (χ4n) is 3.37. The number of carbonyl (C=O) groups is 2. The highest BCUT2D eigenvalue weighted by Crippen LogP contribution is 2.76. The van der Waals surface area contributed by atoms with Crippen molar-refractivity contribution in [2.45, 2.75) is 14.1 Å². The Morgan fingerprint density at radius 1 is 0.920 bits per heavy atom. The van der Waals surface area contributed by atoms with Gasteiger partial charge in [0.15, 0.2) is 4.33 Å². The largest absolute Gasteiger partial charge is 0.481 e. The van der Waals surface area contributed by atoms with Gasteiger partial charge < -0.3 is 10.4 Å². The molecule has 2 aliphatic carbocycles. The van der Waals surface area contributed by atoms with E-state index >= 15 is 0 Å². The van der Waals surface area contributed by atoms with Crippen LogP contribution in [0.2, 0.25) is 0 Å². The fraction of sp³-hybridized carbons (Fsp3) is 0.333. The first-order valence-electron chi connectivity index (χ1n) is 6.91.